The summed E-state index contributed by atoms with van der Waals surface area (Å²) in [7, 11) is 0. The predicted molar refractivity (Wildman–Crippen MR) is 118 cm³/mol. The van der Waals surface area contributed by atoms with Gasteiger partial charge < -0.3 is 16.0 Å². The molecule has 1 unspecified atom stereocenters. The maximum absolute atomic E-state index is 13.5. The van der Waals surface area contributed by atoms with Crippen LogP contribution >= 0.6 is 11.3 Å². The van der Waals surface area contributed by atoms with Crippen molar-refractivity contribution in [2.24, 2.45) is 0 Å². The maximum atomic E-state index is 13.5. The molecule has 0 fully saturated rings. The molecule has 9 heteroatoms. The highest BCUT2D eigenvalue weighted by Crippen LogP contribution is 2.28. The van der Waals surface area contributed by atoms with Gasteiger partial charge in [0.05, 0.1) is 22.5 Å². The number of thiophene rings is 1. The summed E-state index contributed by atoms with van der Waals surface area (Å²) < 4.78 is 14.3. The first-order valence-electron chi connectivity index (χ1n) is 10.1. The summed E-state index contributed by atoms with van der Waals surface area (Å²) in [5.74, 6) is -0.287. The number of nitrogens with one attached hydrogen (secondary N) is 3. The Morgan fingerprint density at radius 1 is 1.20 bits per heavy atom. The number of hydrogen-bond donors (Lipinski definition) is 3. The zero-order chi connectivity index (χ0) is 21.5. The molecule has 0 aliphatic carbocycles. The lowest BCUT2D eigenvalue weighted by atomic mass is 10.1. The molecule has 30 heavy (non-hydrogen) atoms. The van der Waals surface area contributed by atoms with Crippen LogP contribution in [0.3, 0.4) is 0 Å². The zero-order valence-electron chi connectivity index (χ0n) is 17.5. The van der Waals surface area contributed by atoms with Crippen molar-refractivity contribution in [3.05, 3.63) is 46.5 Å². The van der Waals surface area contributed by atoms with E-state index in [0.29, 0.717) is 23.8 Å². The average Bonchev–Trinajstić information content (AvgIpc) is 3.09. The van der Waals surface area contributed by atoms with Gasteiger partial charge in [-0.25, -0.2) is 14.4 Å². The van der Waals surface area contributed by atoms with Crippen molar-refractivity contribution in [3.8, 4) is 0 Å². The predicted octanol–water partition coefficient (Wildman–Crippen LogP) is 3.83. The normalized spacial score (nSPS) is 12.1. The number of pyridine rings is 1. The lowest BCUT2D eigenvalue weighted by Gasteiger charge is -2.15. The Balaban J connectivity index is 1.75. The molecule has 0 aliphatic heterocycles. The van der Waals surface area contributed by atoms with Gasteiger partial charge in [-0.2, -0.15) is 0 Å². The quantitative estimate of drug-likeness (QED) is 0.424. The highest BCUT2D eigenvalue weighted by molar-refractivity contribution is 7.19. The summed E-state index contributed by atoms with van der Waals surface area (Å²) in [6, 6.07) is 3.08. The largest absolute Gasteiger partial charge is 0.351 e. The van der Waals surface area contributed by atoms with E-state index in [-0.39, 0.29) is 11.9 Å². The number of hydrogen-bond acceptors (Lipinski definition) is 7. The Morgan fingerprint density at radius 3 is 2.77 bits per heavy atom. The van der Waals surface area contributed by atoms with Crippen molar-refractivity contribution in [3.63, 3.8) is 0 Å². The molecule has 3 rings (SSSR count). The topological polar surface area (TPSA) is 91.8 Å². The van der Waals surface area contributed by atoms with E-state index in [2.05, 4.69) is 37.8 Å². The first-order valence-corrected chi connectivity index (χ1v) is 10.9. The van der Waals surface area contributed by atoms with Crippen molar-refractivity contribution in [1.29, 1.82) is 0 Å². The lowest BCUT2D eigenvalue weighted by Crippen LogP contribution is -2.27. The van der Waals surface area contributed by atoms with E-state index in [4.69, 9.17) is 0 Å². The summed E-state index contributed by atoms with van der Waals surface area (Å²) in [6.45, 7) is 8.39. The van der Waals surface area contributed by atoms with E-state index in [0.717, 1.165) is 47.2 Å². The molecule has 3 N–H and O–H groups in total. The van der Waals surface area contributed by atoms with E-state index in [1.54, 1.807) is 6.20 Å². The molecule has 0 bridgehead atoms. The molecule has 0 aromatic carbocycles. The number of aryl methyl sites for hydroxylation is 1. The number of anilines is 1. The van der Waals surface area contributed by atoms with Crippen LogP contribution in [-0.4, -0.2) is 40.5 Å². The third kappa shape index (κ3) is 5.70. The van der Waals surface area contributed by atoms with Gasteiger partial charge in [-0.1, -0.05) is 6.92 Å². The Kier molecular flexibility index (Phi) is 7.64. The number of fused-ring (bicyclic) bond motifs is 1. The second-order valence-electron chi connectivity index (χ2n) is 7.09. The number of carbonyl (C=O) groups excluding carboxylic acids is 1. The number of amides is 1. The fourth-order valence-corrected chi connectivity index (χ4v) is 3.98. The number of nitrogens with zero attached hydrogens (tertiary/aromatic N) is 3. The van der Waals surface area contributed by atoms with Gasteiger partial charge in [-0.15, -0.1) is 11.3 Å². The third-order valence-corrected chi connectivity index (χ3v) is 5.64. The molecule has 3 heterocycles. The minimum Gasteiger partial charge on any atom is -0.351 e. The van der Waals surface area contributed by atoms with Crippen molar-refractivity contribution in [2.45, 2.75) is 39.7 Å². The van der Waals surface area contributed by atoms with Crippen molar-refractivity contribution in [1.82, 2.24) is 25.6 Å². The molecule has 0 radical (unpaired) electrons. The van der Waals surface area contributed by atoms with Crippen molar-refractivity contribution in [2.75, 3.05) is 25.0 Å². The van der Waals surface area contributed by atoms with E-state index in [9.17, 15) is 9.18 Å². The Morgan fingerprint density at radius 2 is 2.00 bits per heavy atom. The molecular formula is C21H27FN6OS. The molecule has 0 saturated heterocycles. The third-order valence-electron chi connectivity index (χ3n) is 4.60. The Hall–Kier alpha value is -2.65. The second-order valence-corrected chi connectivity index (χ2v) is 8.34. The number of rotatable bonds is 10. The summed E-state index contributed by atoms with van der Waals surface area (Å²) in [4.78, 5) is 26.8. The van der Waals surface area contributed by atoms with Crippen LogP contribution in [0.4, 0.5) is 10.3 Å². The highest BCUT2D eigenvalue weighted by atomic mass is 32.1. The summed E-state index contributed by atoms with van der Waals surface area (Å²) in [5, 5.41) is 9.39. The smallest absolute Gasteiger partial charge is 0.271 e. The van der Waals surface area contributed by atoms with Gasteiger partial charge in [0.15, 0.2) is 5.69 Å². The fourth-order valence-electron chi connectivity index (χ4n) is 3.05. The van der Waals surface area contributed by atoms with Gasteiger partial charge in [0.1, 0.15) is 5.82 Å². The summed E-state index contributed by atoms with van der Waals surface area (Å²) in [5.41, 5.74) is 1.75. The minimum atomic E-state index is -0.403. The standard InChI is InChI=1S/C21H27FN6OS/c1-4-23-7-5-6-8-25-20(29)18-19-17(9-13(2)30-19)27-21(28-18)26-14(3)15-10-16(22)12-24-11-15/h9-12,14,23H,4-8H2,1-3H3,(H,25,29)(H,26,27,28). The summed E-state index contributed by atoms with van der Waals surface area (Å²) in [6.07, 6.45) is 4.64. The van der Waals surface area contributed by atoms with Crippen molar-refractivity contribution < 1.29 is 9.18 Å². The van der Waals surface area contributed by atoms with Crippen LogP contribution in [0.5, 0.6) is 0 Å². The molecule has 7 nitrogen and oxygen atoms in total. The van der Waals surface area contributed by atoms with Gasteiger partial charge in [0.25, 0.3) is 5.91 Å². The molecule has 1 amide bonds. The van der Waals surface area contributed by atoms with Gasteiger partial charge in [-0.05, 0) is 57.5 Å². The second kappa shape index (κ2) is 10.4. The van der Waals surface area contributed by atoms with E-state index >= 15 is 0 Å². The average molecular weight is 431 g/mol. The van der Waals surface area contributed by atoms with Crippen molar-refractivity contribution >= 4 is 33.4 Å². The SMILES string of the molecule is CCNCCCCNC(=O)c1nc(NC(C)c2cncc(F)c2)nc2cc(C)sc12. The van der Waals surface area contributed by atoms with Crippen LogP contribution in [0, 0.1) is 12.7 Å². The highest BCUT2D eigenvalue weighted by Gasteiger charge is 2.18. The van der Waals surface area contributed by atoms with Crippen LogP contribution in [-0.2, 0) is 0 Å². The first kappa shape index (κ1) is 22.0. The van der Waals surface area contributed by atoms with Gasteiger partial charge in [-0.3, -0.25) is 9.78 Å². The van der Waals surface area contributed by atoms with E-state index < -0.39 is 5.82 Å². The Labute approximate surface area is 179 Å². The van der Waals surface area contributed by atoms with Crippen LogP contribution in [0.1, 0.15) is 53.7 Å². The molecule has 3 aromatic rings. The fraction of sp³-hybridized carbons (Fsp3) is 0.429. The number of carbonyl (C=O) groups is 1. The zero-order valence-corrected chi connectivity index (χ0v) is 18.3. The molecule has 0 saturated carbocycles. The Bertz CT molecular complexity index is 1010. The van der Waals surface area contributed by atoms with Crippen LogP contribution in [0.15, 0.2) is 24.5 Å². The van der Waals surface area contributed by atoms with E-state index in [1.807, 2.05) is 19.9 Å². The number of halogens is 1. The first-order chi connectivity index (χ1) is 14.5. The van der Waals surface area contributed by atoms with Crippen LogP contribution < -0.4 is 16.0 Å². The molecule has 0 aliphatic rings. The monoisotopic (exact) mass is 430 g/mol. The molecule has 1 atom stereocenters. The summed E-state index contributed by atoms with van der Waals surface area (Å²) >= 11 is 1.50. The molecule has 3 aromatic heterocycles. The van der Waals surface area contributed by atoms with Gasteiger partial charge in [0, 0.05) is 17.6 Å². The maximum Gasteiger partial charge on any atom is 0.271 e. The van der Waals surface area contributed by atoms with Crippen LogP contribution in [0.2, 0.25) is 0 Å². The number of unbranched alkanes of at least 4 members (excludes halogenated alkanes) is 1. The van der Waals surface area contributed by atoms with Crippen LogP contribution in [0.25, 0.3) is 10.2 Å². The van der Waals surface area contributed by atoms with Gasteiger partial charge in [0.2, 0.25) is 5.95 Å². The molecular weight excluding hydrogens is 403 g/mol. The van der Waals surface area contributed by atoms with E-state index in [1.165, 1.54) is 17.4 Å². The van der Waals surface area contributed by atoms with Gasteiger partial charge >= 0.3 is 0 Å². The molecule has 0 spiro atoms. The minimum absolute atomic E-state index is 0.212. The number of aromatic nitrogens is 3. The lowest BCUT2D eigenvalue weighted by molar-refractivity contribution is 0.0950. The molecule has 160 valence electrons.